The van der Waals surface area contributed by atoms with Crippen LogP contribution in [0.15, 0.2) is 24.4 Å². The Morgan fingerprint density at radius 3 is 2.76 bits per heavy atom. The van der Waals surface area contributed by atoms with Crippen molar-refractivity contribution in [3.05, 3.63) is 41.9 Å². The summed E-state index contributed by atoms with van der Waals surface area (Å²) in [4.78, 5) is 10.3. The molecule has 0 amide bonds. The number of halogens is 3. The number of anilines is 1. The fraction of sp³-hybridized carbons (Fsp3) is 0.0909. The molecular weight excluding hydrogens is 248 g/mol. The highest BCUT2D eigenvalue weighted by Crippen LogP contribution is 2.28. The van der Waals surface area contributed by atoms with E-state index in [0.29, 0.717) is 11.5 Å². The van der Waals surface area contributed by atoms with E-state index in [1.807, 2.05) is 0 Å². The molecule has 0 saturated carbocycles. The van der Waals surface area contributed by atoms with Gasteiger partial charge in [0.1, 0.15) is 23.2 Å². The van der Waals surface area contributed by atoms with E-state index in [1.54, 1.807) is 6.92 Å². The van der Waals surface area contributed by atoms with E-state index < -0.39 is 11.6 Å². The van der Waals surface area contributed by atoms with E-state index in [4.69, 9.17) is 11.8 Å². The molecule has 1 aromatic carbocycles. The average molecular weight is 256 g/mol. The van der Waals surface area contributed by atoms with Crippen molar-refractivity contribution in [3.8, 4) is 11.3 Å². The van der Waals surface area contributed by atoms with Crippen LogP contribution in [0.5, 0.6) is 0 Å². The predicted molar refractivity (Wildman–Crippen MR) is 61.6 cm³/mol. The summed E-state index contributed by atoms with van der Waals surface area (Å²) in [7, 11) is 0. The van der Waals surface area contributed by atoms with Gasteiger partial charge in [-0.3, -0.25) is 4.84 Å². The largest absolute Gasteiger partial charge is 0.295 e. The molecule has 0 aliphatic carbocycles. The average Bonchev–Trinajstić information content (AvgIpc) is 2.32. The molecule has 88 valence electrons. The third-order valence-corrected chi connectivity index (χ3v) is 2.40. The maximum absolute atomic E-state index is 13.6. The zero-order valence-corrected chi connectivity index (χ0v) is 9.59. The summed E-state index contributed by atoms with van der Waals surface area (Å²) in [5.41, 5.74) is 0.588. The molecule has 0 aliphatic rings. The Bertz CT molecular complexity index is 560. The predicted octanol–water partition coefficient (Wildman–Crippen LogP) is 3.30. The molecule has 0 unspecified atom stereocenters. The van der Waals surface area contributed by atoms with Gasteiger partial charge in [-0.2, -0.15) is 0 Å². The van der Waals surface area contributed by atoms with Gasteiger partial charge in [0, 0.05) is 17.3 Å². The van der Waals surface area contributed by atoms with Crippen LogP contribution in [0.4, 0.5) is 14.5 Å². The van der Waals surface area contributed by atoms with Crippen molar-refractivity contribution in [2.45, 2.75) is 6.92 Å². The summed E-state index contributed by atoms with van der Waals surface area (Å²) < 4.78 is 26.7. The zero-order valence-electron chi connectivity index (χ0n) is 8.84. The molecule has 17 heavy (non-hydrogen) atoms. The molecule has 1 heterocycles. The van der Waals surface area contributed by atoms with Crippen molar-refractivity contribution in [3.63, 3.8) is 0 Å². The molecule has 0 spiro atoms. The molecule has 3 nitrogen and oxygen atoms in total. The number of rotatable bonds is 2. The summed E-state index contributed by atoms with van der Waals surface area (Å²) >= 11 is 5.48. The maximum Gasteiger partial charge on any atom is 0.132 e. The van der Waals surface area contributed by atoms with Crippen LogP contribution >= 0.6 is 11.8 Å². The van der Waals surface area contributed by atoms with E-state index >= 15 is 0 Å². The normalized spacial score (nSPS) is 10.4. The van der Waals surface area contributed by atoms with Crippen LogP contribution in [0.1, 0.15) is 5.82 Å². The van der Waals surface area contributed by atoms with Gasteiger partial charge >= 0.3 is 0 Å². The van der Waals surface area contributed by atoms with Crippen LogP contribution < -0.4 is 4.84 Å². The highest BCUT2D eigenvalue weighted by atomic mass is 35.5. The summed E-state index contributed by atoms with van der Waals surface area (Å²) in [6, 6.07) is 3.15. The third-order valence-electron chi connectivity index (χ3n) is 2.19. The fourth-order valence-electron chi connectivity index (χ4n) is 1.42. The minimum atomic E-state index is -0.572. The van der Waals surface area contributed by atoms with Crippen molar-refractivity contribution in [1.29, 1.82) is 0 Å². The molecule has 0 atom stereocenters. The van der Waals surface area contributed by atoms with Crippen molar-refractivity contribution >= 4 is 17.5 Å². The van der Waals surface area contributed by atoms with Crippen molar-refractivity contribution in [1.82, 2.24) is 9.97 Å². The van der Waals surface area contributed by atoms with Gasteiger partial charge in [-0.25, -0.2) is 18.7 Å². The first kappa shape index (κ1) is 11.7. The van der Waals surface area contributed by atoms with Crippen LogP contribution in [0.3, 0.4) is 0 Å². The molecule has 0 fully saturated rings. The number of nitrogens with zero attached hydrogens (tertiary/aromatic N) is 2. The third kappa shape index (κ3) is 2.34. The summed E-state index contributed by atoms with van der Waals surface area (Å²) in [5, 5.41) is 0. The number of aryl methyl sites for hydroxylation is 1. The molecule has 0 saturated heterocycles. The molecule has 1 aromatic heterocycles. The minimum absolute atomic E-state index is 0.0404. The second kappa shape index (κ2) is 4.63. The monoisotopic (exact) mass is 255 g/mol. The molecule has 0 aliphatic heterocycles. The lowest BCUT2D eigenvalue weighted by atomic mass is 10.1. The zero-order chi connectivity index (χ0) is 12.4. The van der Waals surface area contributed by atoms with Gasteiger partial charge in [0.25, 0.3) is 0 Å². The van der Waals surface area contributed by atoms with Crippen LogP contribution in [-0.4, -0.2) is 9.97 Å². The lowest BCUT2D eigenvalue weighted by Gasteiger charge is -2.08. The van der Waals surface area contributed by atoms with Crippen LogP contribution in [0.2, 0.25) is 0 Å². The topological polar surface area (TPSA) is 37.8 Å². The first-order chi connectivity index (χ1) is 8.11. The highest BCUT2D eigenvalue weighted by molar-refractivity contribution is 6.24. The number of aromatic nitrogens is 2. The molecule has 6 heteroatoms. The van der Waals surface area contributed by atoms with Gasteiger partial charge in [0.2, 0.25) is 0 Å². The SMILES string of the molecule is Cc1ncc(NCl)c(-c2cc(F)ccc2F)n1. The van der Waals surface area contributed by atoms with E-state index in [1.165, 1.54) is 6.20 Å². The number of hydrogen-bond acceptors (Lipinski definition) is 3. The van der Waals surface area contributed by atoms with Crippen molar-refractivity contribution < 1.29 is 8.78 Å². The maximum atomic E-state index is 13.6. The Labute approximate surface area is 102 Å². The van der Waals surface area contributed by atoms with Crippen LogP contribution in [0, 0.1) is 18.6 Å². The Morgan fingerprint density at radius 1 is 1.29 bits per heavy atom. The smallest absolute Gasteiger partial charge is 0.132 e. The van der Waals surface area contributed by atoms with E-state index in [2.05, 4.69) is 14.8 Å². The van der Waals surface area contributed by atoms with Crippen LogP contribution in [0.25, 0.3) is 11.3 Å². The lowest BCUT2D eigenvalue weighted by Crippen LogP contribution is -1.98. The fourth-order valence-corrected chi connectivity index (χ4v) is 1.56. The number of hydrogen-bond donors (Lipinski definition) is 1. The number of nitrogens with one attached hydrogen (secondary N) is 1. The molecule has 1 N–H and O–H groups in total. The molecule has 2 aromatic rings. The number of benzene rings is 1. The Morgan fingerprint density at radius 2 is 2.06 bits per heavy atom. The summed E-state index contributed by atoms with van der Waals surface area (Å²) in [5.74, 6) is -0.671. The minimum Gasteiger partial charge on any atom is -0.295 e. The van der Waals surface area contributed by atoms with E-state index in [-0.39, 0.29) is 11.3 Å². The standard InChI is InChI=1S/C11H8ClF2N3/c1-6-15-5-10(17-12)11(16-6)8-4-7(13)2-3-9(8)14/h2-5,17H,1H3. The van der Waals surface area contributed by atoms with Gasteiger partial charge in [0.05, 0.1) is 11.9 Å². The van der Waals surface area contributed by atoms with E-state index in [0.717, 1.165) is 18.2 Å². The van der Waals surface area contributed by atoms with Crippen molar-refractivity contribution in [2.75, 3.05) is 4.84 Å². The molecule has 0 bridgehead atoms. The Kier molecular flexibility index (Phi) is 3.19. The first-order valence-corrected chi connectivity index (χ1v) is 5.15. The second-order valence-corrected chi connectivity index (χ2v) is 3.59. The quantitative estimate of drug-likeness (QED) is 0.837. The van der Waals surface area contributed by atoms with Gasteiger partial charge in [-0.1, -0.05) is 0 Å². The Balaban J connectivity index is 2.66. The van der Waals surface area contributed by atoms with Crippen molar-refractivity contribution in [2.24, 2.45) is 0 Å². The summed E-state index contributed by atoms with van der Waals surface area (Å²) in [6.07, 6.45) is 1.41. The molecular formula is C11H8ClF2N3. The van der Waals surface area contributed by atoms with Gasteiger partial charge in [-0.15, -0.1) is 0 Å². The van der Waals surface area contributed by atoms with Gasteiger partial charge < -0.3 is 0 Å². The first-order valence-electron chi connectivity index (χ1n) is 4.77. The lowest BCUT2D eigenvalue weighted by molar-refractivity contribution is 0.602. The van der Waals surface area contributed by atoms with E-state index in [9.17, 15) is 8.78 Å². The summed E-state index contributed by atoms with van der Waals surface area (Å²) in [6.45, 7) is 1.65. The highest BCUT2D eigenvalue weighted by Gasteiger charge is 2.13. The molecule has 2 rings (SSSR count). The molecule has 0 radical (unpaired) electrons. The Hall–Kier alpha value is -1.75. The van der Waals surface area contributed by atoms with Gasteiger partial charge in [-0.05, 0) is 25.1 Å². The van der Waals surface area contributed by atoms with Crippen LogP contribution in [-0.2, 0) is 0 Å². The van der Waals surface area contributed by atoms with Gasteiger partial charge in [0.15, 0.2) is 0 Å². The second-order valence-electron chi connectivity index (χ2n) is 3.40.